The topological polar surface area (TPSA) is 9.23 Å². The van der Waals surface area contributed by atoms with Crippen LogP contribution in [0.3, 0.4) is 0 Å². The Morgan fingerprint density at radius 2 is 1.20 bits per heavy atom. The molecule has 0 unspecified atom stereocenters. The first-order valence-electron chi connectivity index (χ1n) is 16.7. The molecule has 3 aromatic rings. The van der Waals surface area contributed by atoms with Crippen LogP contribution in [0.2, 0.25) is 0 Å². The lowest BCUT2D eigenvalue weighted by atomic mass is 9.68. The van der Waals surface area contributed by atoms with Gasteiger partial charge in [0.25, 0.3) is 0 Å². The summed E-state index contributed by atoms with van der Waals surface area (Å²) in [6.07, 6.45) is 17.5. The van der Waals surface area contributed by atoms with Gasteiger partial charge in [-0.25, -0.2) is 13.2 Å². The zero-order chi connectivity index (χ0) is 31.1. The summed E-state index contributed by atoms with van der Waals surface area (Å²) >= 11 is 0. The number of benzene rings is 3. The number of ether oxygens (including phenoxy) is 1. The van der Waals surface area contributed by atoms with Crippen molar-refractivity contribution in [2.75, 3.05) is 6.61 Å². The molecule has 5 heteroatoms. The minimum Gasteiger partial charge on any atom is -0.490 e. The molecule has 0 heterocycles. The molecule has 44 heavy (non-hydrogen) atoms. The number of unbranched alkanes of at least 4 members (excludes halogenated alkanes) is 3. The average Bonchev–Trinajstić information content (AvgIpc) is 3.05. The van der Waals surface area contributed by atoms with Crippen molar-refractivity contribution in [2.24, 2.45) is 17.8 Å². The van der Waals surface area contributed by atoms with E-state index in [-0.39, 0.29) is 22.8 Å². The second-order valence-corrected chi connectivity index (χ2v) is 12.9. The standard InChI is InChI=1S/C39H46F4O/c1-3-5-6-7-25-44-35-24-23-34(38(42)39(35)43)31-19-17-30(18-20-31)33-22-21-32(36(40)37(33)41)29-15-13-28(14-16-29)27-11-9-26(8-4-2)10-12-27/h4,8,17-24,26-29H,3,5-7,9-16,25H2,1-2H3/b8-4+. The molecule has 0 spiro atoms. The Bertz CT molecular complexity index is 1400. The Hall–Kier alpha value is -3.08. The molecule has 0 atom stereocenters. The second-order valence-electron chi connectivity index (χ2n) is 12.9. The number of hydrogen-bond donors (Lipinski definition) is 0. The second kappa shape index (κ2) is 15.3. The van der Waals surface area contributed by atoms with Gasteiger partial charge >= 0.3 is 0 Å². The molecule has 0 N–H and O–H groups in total. The lowest BCUT2D eigenvalue weighted by molar-refractivity contribution is 0.170. The predicted molar refractivity (Wildman–Crippen MR) is 172 cm³/mol. The Labute approximate surface area is 260 Å². The van der Waals surface area contributed by atoms with Gasteiger partial charge < -0.3 is 4.74 Å². The molecule has 1 nitrogen and oxygen atoms in total. The maximum Gasteiger partial charge on any atom is 0.201 e. The lowest BCUT2D eigenvalue weighted by Crippen LogP contribution is -2.25. The van der Waals surface area contributed by atoms with Gasteiger partial charge in [-0.15, -0.1) is 0 Å². The maximum atomic E-state index is 15.4. The lowest BCUT2D eigenvalue weighted by Gasteiger charge is -2.37. The van der Waals surface area contributed by atoms with E-state index in [1.807, 2.05) is 0 Å². The fourth-order valence-corrected chi connectivity index (χ4v) is 7.49. The molecule has 0 bridgehead atoms. The number of hydrogen-bond acceptors (Lipinski definition) is 1. The highest BCUT2D eigenvalue weighted by Gasteiger charge is 2.32. The highest BCUT2D eigenvalue weighted by molar-refractivity contribution is 5.72. The highest BCUT2D eigenvalue weighted by Crippen LogP contribution is 2.45. The van der Waals surface area contributed by atoms with Crippen LogP contribution in [-0.4, -0.2) is 6.61 Å². The Morgan fingerprint density at radius 3 is 1.80 bits per heavy atom. The van der Waals surface area contributed by atoms with Gasteiger partial charge in [0.05, 0.1) is 6.61 Å². The minimum absolute atomic E-state index is 0.0395. The quantitative estimate of drug-likeness (QED) is 0.120. The summed E-state index contributed by atoms with van der Waals surface area (Å²) in [5, 5.41) is 0. The number of rotatable bonds is 11. The van der Waals surface area contributed by atoms with Crippen molar-refractivity contribution in [3.8, 4) is 28.0 Å². The third-order valence-electron chi connectivity index (χ3n) is 10.1. The third-order valence-corrected chi connectivity index (χ3v) is 10.1. The van der Waals surface area contributed by atoms with Crippen LogP contribution in [0.15, 0.2) is 60.7 Å². The van der Waals surface area contributed by atoms with Crippen LogP contribution in [0.4, 0.5) is 17.6 Å². The summed E-state index contributed by atoms with van der Waals surface area (Å²) in [6, 6.07) is 12.8. The van der Waals surface area contributed by atoms with Crippen LogP contribution < -0.4 is 4.74 Å². The first kappa shape index (κ1) is 32.3. The van der Waals surface area contributed by atoms with Crippen molar-refractivity contribution >= 4 is 0 Å². The van der Waals surface area contributed by atoms with Gasteiger partial charge in [0.2, 0.25) is 5.82 Å². The Kier molecular flexibility index (Phi) is 11.2. The van der Waals surface area contributed by atoms with Gasteiger partial charge in [-0.05, 0) is 117 Å². The number of allylic oxidation sites excluding steroid dienone is 2. The van der Waals surface area contributed by atoms with E-state index in [4.69, 9.17) is 4.74 Å². The average molecular weight is 607 g/mol. The molecule has 5 rings (SSSR count). The van der Waals surface area contributed by atoms with Crippen LogP contribution in [0.5, 0.6) is 5.75 Å². The van der Waals surface area contributed by atoms with E-state index in [1.54, 1.807) is 36.4 Å². The van der Waals surface area contributed by atoms with Gasteiger partial charge in [-0.1, -0.05) is 74.7 Å². The third kappa shape index (κ3) is 7.41. The molecule has 0 aromatic heterocycles. The first-order chi connectivity index (χ1) is 21.4. The Balaban J connectivity index is 1.22. The van der Waals surface area contributed by atoms with Crippen LogP contribution >= 0.6 is 0 Å². The van der Waals surface area contributed by atoms with Crippen molar-refractivity contribution in [1.29, 1.82) is 0 Å². The molecule has 2 fully saturated rings. The van der Waals surface area contributed by atoms with E-state index in [0.29, 0.717) is 29.2 Å². The fourth-order valence-electron chi connectivity index (χ4n) is 7.49. The van der Waals surface area contributed by atoms with Crippen LogP contribution in [0.25, 0.3) is 22.3 Å². The fraction of sp³-hybridized carbons (Fsp3) is 0.487. The van der Waals surface area contributed by atoms with Crippen LogP contribution in [-0.2, 0) is 0 Å². The summed E-state index contributed by atoms with van der Waals surface area (Å²) in [5.74, 6) is -1.49. The van der Waals surface area contributed by atoms with E-state index < -0.39 is 23.3 Å². The molecular formula is C39H46F4O. The van der Waals surface area contributed by atoms with Crippen molar-refractivity contribution in [1.82, 2.24) is 0 Å². The highest BCUT2D eigenvalue weighted by atomic mass is 19.2. The van der Waals surface area contributed by atoms with E-state index in [1.165, 1.54) is 37.8 Å². The monoisotopic (exact) mass is 606 g/mol. The minimum atomic E-state index is -1.02. The smallest absolute Gasteiger partial charge is 0.201 e. The van der Waals surface area contributed by atoms with Crippen molar-refractivity contribution in [2.45, 2.75) is 96.8 Å². The van der Waals surface area contributed by atoms with E-state index in [2.05, 4.69) is 26.0 Å². The SMILES string of the molecule is C/C=C/C1CCC(C2CCC(c3ccc(-c4ccc(-c5ccc(OCCCCCC)c(F)c5F)cc4)c(F)c3F)CC2)CC1. The van der Waals surface area contributed by atoms with Gasteiger partial charge in [0.1, 0.15) is 0 Å². The van der Waals surface area contributed by atoms with Gasteiger partial charge in [0.15, 0.2) is 23.2 Å². The normalized spacial score (nSPS) is 22.4. The molecule has 3 aromatic carbocycles. The number of halogens is 4. The molecule has 0 amide bonds. The molecule has 2 aliphatic rings. The Morgan fingerprint density at radius 1 is 0.636 bits per heavy atom. The molecule has 236 valence electrons. The zero-order valence-corrected chi connectivity index (χ0v) is 26.2. The molecule has 0 radical (unpaired) electrons. The van der Waals surface area contributed by atoms with E-state index in [9.17, 15) is 8.78 Å². The summed E-state index contributed by atoms with van der Waals surface area (Å²) < 4.78 is 66.0. The van der Waals surface area contributed by atoms with E-state index >= 15 is 8.78 Å². The van der Waals surface area contributed by atoms with Gasteiger partial charge in [-0.3, -0.25) is 0 Å². The first-order valence-corrected chi connectivity index (χ1v) is 16.7. The molecule has 2 saturated carbocycles. The van der Waals surface area contributed by atoms with Gasteiger partial charge in [0, 0.05) is 11.1 Å². The largest absolute Gasteiger partial charge is 0.490 e. The van der Waals surface area contributed by atoms with Gasteiger partial charge in [-0.2, -0.15) is 4.39 Å². The van der Waals surface area contributed by atoms with Crippen LogP contribution in [0, 0.1) is 41.0 Å². The van der Waals surface area contributed by atoms with Crippen molar-refractivity contribution in [3.63, 3.8) is 0 Å². The molecular weight excluding hydrogens is 560 g/mol. The molecule has 0 aliphatic heterocycles. The maximum absolute atomic E-state index is 15.4. The van der Waals surface area contributed by atoms with E-state index in [0.717, 1.165) is 63.2 Å². The van der Waals surface area contributed by atoms with Crippen molar-refractivity contribution < 1.29 is 22.3 Å². The summed E-state index contributed by atoms with van der Waals surface area (Å²) in [5.41, 5.74) is 1.67. The molecule has 2 aliphatic carbocycles. The predicted octanol–water partition coefficient (Wildman–Crippen LogP) is 12.2. The summed E-state index contributed by atoms with van der Waals surface area (Å²) in [6.45, 7) is 4.54. The van der Waals surface area contributed by atoms with Crippen molar-refractivity contribution in [3.05, 3.63) is 89.5 Å². The van der Waals surface area contributed by atoms with Crippen LogP contribution in [0.1, 0.15) is 102 Å². The molecule has 0 saturated heterocycles. The summed E-state index contributed by atoms with van der Waals surface area (Å²) in [4.78, 5) is 0. The zero-order valence-electron chi connectivity index (χ0n) is 26.2. The summed E-state index contributed by atoms with van der Waals surface area (Å²) in [7, 11) is 0.